The van der Waals surface area contributed by atoms with E-state index in [1.807, 2.05) is 19.1 Å². The Kier molecular flexibility index (Phi) is 6.91. The number of aliphatic hydroxyl groups excluding tert-OH is 1. The molecule has 0 saturated heterocycles. The largest absolute Gasteiger partial charge is 0.392 e. The second-order valence-corrected chi connectivity index (χ2v) is 6.67. The average molecular weight is 286 g/mol. The van der Waals surface area contributed by atoms with Gasteiger partial charge in [0.05, 0.1) is 6.61 Å². The van der Waals surface area contributed by atoms with Crippen LogP contribution in [0.1, 0.15) is 53.9 Å². The Morgan fingerprint density at radius 1 is 1.19 bits per heavy atom. The van der Waals surface area contributed by atoms with Gasteiger partial charge in [-0.1, -0.05) is 67.0 Å². The second kappa shape index (κ2) is 8.19. The summed E-state index contributed by atoms with van der Waals surface area (Å²) in [5, 5.41) is 8.81. The van der Waals surface area contributed by atoms with Gasteiger partial charge in [-0.05, 0) is 51.0 Å². The number of hydrogen-bond acceptors (Lipinski definition) is 1. The smallest absolute Gasteiger partial charge is 0.0617 e. The molecular formula is C20H30O. The summed E-state index contributed by atoms with van der Waals surface area (Å²) < 4.78 is 0. The van der Waals surface area contributed by atoms with E-state index < -0.39 is 0 Å². The molecule has 0 radical (unpaired) electrons. The maximum absolute atomic E-state index is 8.81. The third-order valence-corrected chi connectivity index (χ3v) is 4.19. The first kappa shape index (κ1) is 17.7. The van der Waals surface area contributed by atoms with Crippen molar-refractivity contribution in [1.29, 1.82) is 0 Å². The van der Waals surface area contributed by atoms with Crippen LogP contribution in [0.15, 0.2) is 58.7 Å². The topological polar surface area (TPSA) is 20.2 Å². The lowest BCUT2D eigenvalue weighted by Crippen LogP contribution is -2.19. The molecule has 1 nitrogen and oxygen atoms in total. The molecule has 0 aromatic heterocycles. The van der Waals surface area contributed by atoms with Gasteiger partial charge in [0.25, 0.3) is 0 Å². The summed E-state index contributed by atoms with van der Waals surface area (Å²) >= 11 is 0. The quantitative estimate of drug-likeness (QED) is 0.661. The number of hydrogen-bond donors (Lipinski definition) is 1. The molecule has 0 fully saturated rings. The minimum Gasteiger partial charge on any atom is -0.392 e. The highest BCUT2D eigenvalue weighted by molar-refractivity contribution is 5.37. The minimum absolute atomic E-state index is 0.0985. The Morgan fingerprint density at radius 3 is 2.52 bits per heavy atom. The lowest BCUT2D eigenvalue weighted by atomic mass is 9.72. The van der Waals surface area contributed by atoms with Gasteiger partial charge in [-0.25, -0.2) is 0 Å². The van der Waals surface area contributed by atoms with Crippen molar-refractivity contribution in [2.75, 3.05) is 6.61 Å². The highest BCUT2D eigenvalue weighted by Crippen LogP contribution is 2.40. The van der Waals surface area contributed by atoms with Gasteiger partial charge in [0.15, 0.2) is 0 Å². The van der Waals surface area contributed by atoms with Crippen LogP contribution in [0.3, 0.4) is 0 Å². The zero-order valence-electron chi connectivity index (χ0n) is 14.2. The predicted octanol–water partition coefficient (Wildman–Crippen LogP) is 5.51. The molecule has 1 N–H and O–H groups in total. The van der Waals surface area contributed by atoms with Gasteiger partial charge in [-0.15, -0.1) is 0 Å². The van der Waals surface area contributed by atoms with Crippen molar-refractivity contribution >= 4 is 0 Å². The van der Waals surface area contributed by atoms with Crippen molar-refractivity contribution in [3.63, 3.8) is 0 Å². The summed E-state index contributed by atoms with van der Waals surface area (Å²) in [6.45, 7) is 11.2. The van der Waals surface area contributed by atoms with Crippen LogP contribution in [0, 0.1) is 5.41 Å². The van der Waals surface area contributed by atoms with E-state index in [1.165, 1.54) is 36.0 Å². The maximum Gasteiger partial charge on any atom is 0.0617 e. The molecule has 0 aromatic rings. The molecule has 0 bridgehead atoms. The maximum atomic E-state index is 8.81. The van der Waals surface area contributed by atoms with Gasteiger partial charge < -0.3 is 5.11 Å². The van der Waals surface area contributed by atoms with E-state index in [2.05, 4.69) is 45.9 Å². The van der Waals surface area contributed by atoms with Crippen LogP contribution < -0.4 is 0 Å². The monoisotopic (exact) mass is 286 g/mol. The Morgan fingerprint density at radius 2 is 1.90 bits per heavy atom. The first-order valence-corrected chi connectivity index (χ1v) is 7.87. The van der Waals surface area contributed by atoms with E-state index in [9.17, 15) is 0 Å². The fraction of sp³-hybridized carbons (Fsp3) is 0.500. The van der Waals surface area contributed by atoms with Gasteiger partial charge >= 0.3 is 0 Å². The van der Waals surface area contributed by atoms with Crippen LogP contribution in [0.2, 0.25) is 0 Å². The van der Waals surface area contributed by atoms with E-state index >= 15 is 0 Å². The minimum atomic E-state index is 0.0985. The molecular weight excluding hydrogens is 256 g/mol. The van der Waals surface area contributed by atoms with E-state index in [-0.39, 0.29) is 6.61 Å². The molecule has 0 saturated carbocycles. The molecule has 1 aliphatic rings. The Labute approximate surface area is 130 Å². The van der Waals surface area contributed by atoms with Gasteiger partial charge in [0.2, 0.25) is 0 Å². The average Bonchev–Trinajstić information content (AvgIpc) is 2.37. The van der Waals surface area contributed by atoms with E-state index in [4.69, 9.17) is 5.11 Å². The van der Waals surface area contributed by atoms with Crippen molar-refractivity contribution in [3.8, 4) is 0 Å². The molecule has 0 atom stereocenters. The molecule has 0 unspecified atom stereocenters. The summed E-state index contributed by atoms with van der Waals surface area (Å²) in [5.74, 6) is 0. The molecule has 1 aliphatic carbocycles. The van der Waals surface area contributed by atoms with Gasteiger partial charge in [0.1, 0.15) is 0 Å². The molecule has 1 heteroatoms. The third-order valence-electron chi connectivity index (χ3n) is 4.19. The van der Waals surface area contributed by atoms with Crippen LogP contribution in [0.25, 0.3) is 0 Å². The van der Waals surface area contributed by atoms with Gasteiger partial charge in [-0.3, -0.25) is 0 Å². The summed E-state index contributed by atoms with van der Waals surface area (Å²) in [6, 6.07) is 0. The van der Waals surface area contributed by atoms with Crippen molar-refractivity contribution in [1.82, 2.24) is 0 Å². The van der Waals surface area contributed by atoms with E-state index in [1.54, 1.807) is 6.08 Å². The third kappa shape index (κ3) is 5.89. The number of allylic oxidation sites excluding steroid dienone is 9. The first-order chi connectivity index (χ1) is 9.86. The fourth-order valence-corrected chi connectivity index (χ4v) is 2.84. The van der Waals surface area contributed by atoms with Crippen LogP contribution in [0.5, 0.6) is 0 Å². The van der Waals surface area contributed by atoms with Crippen molar-refractivity contribution in [2.24, 2.45) is 5.41 Å². The summed E-state index contributed by atoms with van der Waals surface area (Å²) in [4.78, 5) is 0. The van der Waals surface area contributed by atoms with Gasteiger partial charge in [-0.2, -0.15) is 0 Å². The normalized spacial score (nSPS) is 20.9. The second-order valence-electron chi connectivity index (χ2n) is 6.67. The zero-order chi connectivity index (χ0) is 15.9. The van der Waals surface area contributed by atoms with Crippen molar-refractivity contribution in [3.05, 3.63) is 58.7 Å². The van der Waals surface area contributed by atoms with Gasteiger partial charge in [0, 0.05) is 0 Å². The molecule has 0 amide bonds. The fourth-order valence-electron chi connectivity index (χ4n) is 2.84. The van der Waals surface area contributed by atoms with E-state index in [0.717, 1.165) is 5.57 Å². The lowest BCUT2D eigenvalue weighted by Gasteiger charge is -2.32. The SMILES string of the molecule is CC1=C(C=C\C(C)=C/C=C/C(C)=C/CO)C(C)(C)CCC1. The highest BCUT2D eigenvalue weighted by atomic mass is 16.2. The molecule has 0 spiro atoms. The molecule has 1 rings (SSSR count). The zero-order valence-corrected chi connectivity index (χ0v) is 14.2. The van der Waals surface area contributed by atoms with Crippen LogP contribution in [-0.4, -0.2) is 11.7 Å². The molecule has 0 aliphatic heterocycles. The standard InChI is InChI=1S/C20H30O/c1-16(8-6-9-17(2)13-15-21)11-12-19-18(3)10-7-14-20(19,4)5/h6,8-9,11-13,21H,7,10,14-15H2,1-5H3/b9-6+,12-11?,16-8-,17-13+. The Balaban J connectivity index is 2.78. The Bertz CT molecular complexity index is 496. The summed E-state index contributed by atoms with van der Waals surface area (Å²) in [5.41, 5.74) is 5.66. The van der Waals surface area contributed by atoms with Crippen molar-refractivity contribution in [2.45, 2.75) is 53.9 Å². The summed E-state index contributed by atoms with van der Waals surface area (Å²) in [7, 11) is 0. The number of aliphatic hydroxyl groups is 1. The predicted molar refractivity (Wildman–Crippen MR) is 93.2 cm³/mol. The lowest BCUT2D eigenvalue weighted by molar-refractivity contribution is 0.342. The van der Waals surface area contributed by atoms with Crippen LogP contribution in [-0.2, 0) is 0 Å². The molecule has 116 valence electrons. The molecule has 0 aromatic carbocycles. The molecule has 21 heavy (non-hydrogen) atoms. The number of rotatable bonds is 5. The van der Waals surface area contributed by atoms with Crippen LogP contribution in [0.4, 0.5) is 0 Å². The highest BCUT2D eigenvalue weighted by Gasteiger charge is 2.26. The summed E-state index contributed by atoms with van der Waals surface area (Å²) in [6.07, 6.45) is 16.3. The Hall–Kier alpha value is -1.34. The van der Waals surface area contributed by atoms with E-state index in [0.29, 0.717) is 5.41 Å². The van der Waals surface area contributed by atoms with Crippen molar-refractivity contribution < 1.29 is 5.11 Å². The molecule has 0 heterocycles. The van der Waals surface area contributed by atoms with Crippen LogP contribution >= 0.6 is 0 Å². The first-order valence-electron chi connectivity index (χ1n) is 7.87.